The van der Waals surface area contributed by atoms with Gasteiger partial charge in [0.25, 0.3) is 11.8 Å². The first-order chi connectivity index (χ1) is 16.8. The number of hydrogen-bond acceptors (Lipinski definition) is 6. The maximum absolute atomic E-state index is 12.6. The molecule has 0 bridgehead atoms. The van der Waals surface area contributed by atoms with Crippen molar-refractivity contribution in [3.05, 3.63) is 77.4 Å². The van der Waals surface area contributed by atoms with E-state index in [1.807, 2.05) is 13.0 Å². The van der Waals surface area contributed by atoms with Gasteiger partial charge in [0.15, 0.2) is 11.5 Å². The molecule has 1 saturated heterocycles. The van der Waals surface area contributed by atoms with Gasteiger partial charge in [0.05, 0.1) is 6.04 Å². The maximum Gasteiger partial charge on any atom is 0.269 e. The van der Waals surface area contributed by atoms with Gasteiger partial charge in [-0.3, -0.25) is 14.4 Å². The summed E-state index contributed by atoms with van der Waals surface area (Å²) in [5.41, 5.74) is 7.93. The van der Waals surface area contributed by atoms with Gasteiger partial charge in [0, 0.05) is 23.9 Å². The molecule has 1 fully saturated rings. The highest BCUT2D eigenvalue weighted by molar-refractivity contribution is 6.04. The van der Waals surface area contributed by atoms with Crippen LogP contribution in [-0.2, 0) is 4.79 Å². The third-order valence-corrected chi connectivity index (χ3v) is 5.89. The average molecular weight is 474 g/mol. The number of aromatic nitrogens is 3. The van der Waals surface area contributed by atoms with Crippen LogP contribution in [0.2, 0.25) is 0 Å². The van der Waals surface area contributed by atoms with E-state index in [9.17, 15) is 14.4 Å². The second kappa shape index (κ2) is 9.80. The van der Waals surface area contributed by atoms with Crippen LogP contribution in [0.5, 0.6) is 0 Å². The van der Waals surface area contributed by atoms with E-state index in [1.54, 1.807) is 54.4 Å². The summed E-state index contributed by atoms with van der Waals surface area (Å²) in [6, 6.07) is 9.84. The van der Waals surface area contributed by atoms with Gasteiger partial charge in [-0.15, -0.1) is 0 Å². The molecule has 5 N–H and O–H groups in total. The summed E-state index contributed by atoms with van der Waals surface area (Å²) in [7, 11) is 0. The predicted octanol–water partition coefficient (Wildman–Crippen LogP) is 2.56. The third-order valence-electron chi connectivity index (χ3n) is 5.89. The van der Waals surface area contributed by atoms with Gasteiger partial charge in [-0.05, 0) is 62.6 Å². The largest absolute Gasteiger partial charge is 0.364 e. The van der Waals surface area contributed by atoms with Gasteiger partial charge in [0.1, 0.15) is 11.5 Å². The molecule has 10 heteroatoms. The molecule has 4 rings (SSSR count). The summed E-state index contributed by atoms with van der Waals surface area (Å²) in [4.78, 5) is 47.9. The SMILES string of the molecule is C/C=C/C(=O)N1CCCC1c1nc(-c2ccc(C(=O)Nc3cc(C)ccn3)cc2)c(C(N)=O)n1N. The van der Waals surface area contributed by atoms with Crippen LogP contribution in [0.3, 0.4) is 0 Å². The number of nitrogens with zero attached hydrogens (tertiary/aromatic N) is 4. The van der Waals surface area contributed by atoms with Crippen molar-refractivity contribution in [3.63, 3.8) is 0 Å². The fourth-order valence-corrected chi connectivity index (χ4v) is 4.23. The lowest BCUT2D eigenvalue weighted by Gasteiger charge is -2.22. The number of anilines is 1. The number of rotatable bonds is 6. The zero-order chi connectivity index (χ0) is 25.1. The molecule has 1 aromatic carbocycles. The molecule has 0 aliphatic carbocycles. The molecule has 10 nitrogen and oxygen atoms in total. The van der Waals surface area contributed by atoms with Gasteiger partial charge >= 0.3 is 0 Å². The molecule has 2 aromatic heterocycles. The Morgan fingerprint density at radius 2 is 1.91 bits per heavy atom. The molecule has 3 heterocycles. The first-order valence-electron chi connectivity index (χ1n) is 11.3. The Kier molecular flexibility index (Phi) is 6.63. The number of nitrogens with one attached hydrogen (secondary N) is 1. The van der Waals surface area contributed by atoms with Gasteiger partial charge in [0.2, 0.25) is 5.91 Å². The van der Waals surface area contributed by atoms with E-state index in [1.165, 1.54) is 10.8 Å². The van der Waals surface area contributed by atoms with Crippen LogP contribution in [0.1, 0.15) is 58.0 Å². The van der Waals surface area contributed by atoms with E-state index in [4.69, 9.17) is 11.6 Å². The molecule has 3 aromatic rings. The number of likely N-dealkylation sites (tertiary alicyclic amines) is 1. The second-order valence-corrected chi connectivity index (χ2v) is 8.34. The minimum atomic E-state index is -0.738. The summed E-state index contributed by atoms with van der Waals surface area (Å²) in [5.74, 6) is 5.90. The Balaban J connectivity index is 1.64. The lowest BCUT2D eigenvalue weighted by atomic mass is 10.1. The summed E-state index contributed by atoms with van der Waals surface area (Å²) < 4.78 is 1.17. The van der Waals surface area contributed by atoms with Crippen LogP contribution in [0.15, 0.2) is 54.7 Å². The summed E-state index contributed by atoms with van der Waals surface area (Å²) in [6.45, 7) is 4.26. The van der Waals surface area contributed by atoms with Crippen LogP contribution in [-0.4, -0.2) is 43.8 Å². The number of amides is 3. The number of hydrogen-bond donors (Lipinski definition) is 3. The normalized spacial score (nSPS) is 15.5. The van der Waals surface area contributed by atoms with Crippen LogP contribution in [0, 0.1) is 6.92 Å². The monoisotopic (exact) mass is 473 g/mol. The fraction of sp³-hybridized carbons (Fsp3) is 0.240. The number of imidazole rings is 1. The molecule has 1 unspecified atom stereocenters. The van der Waals surface area contributed by atoms with Crippen LogP contribution in [0.25, 0.3) is 11.3 Å². The molecule has 3 amide bonds. The highest BCUT2D eigenvalue weighted by Crippen LogP contribution is 2.34. The fourth-order valence-electron chi connectivity index (χ4n) is 4.23. The smallest absolute Gasteiger partial charge is 0.269 e. The first kappa shape index (κ1) is 23.7. The number of allylic oxidation sites excluding steroid dienone is 1. The van der Waals surface area contributed by atoms with Crippen molar-refractivity contribution in [2.45, 2.75) is 32.7 Å². The van der Waals surface area contributed by atoms with E-state index < -0.39 is 5.91 Å². The quantitative estimate of drug-likeness (QED) is 0.370. The number of pyridine rings is 1. The number of primary amides is 1. The average Bonchev–Trinajstić information content (AvgIpc) is 3.44. The topological polar surface area (TPSA) is 149 Å². The Morgan fingerprint density at radius 1 is 1.17 bits per heavy atom. The van der Waals surface area contributed by atoms with Gasteiger partial charge < -0.3 is 21.8 Å². The molecule has 35 heavy (non-hydrogen) atoms. The zero-order valence-corrected chi connectivity index (χ0v) is 19.6. The van der Waals surface area contributed by atoms with Gasteiger partial charge in [-0.1, -0.05) is 18.2 Å². The zero-order valence-electron chi connectivity index (χ0n) is 19.6. The molecule has 1 aliphatic heterocycles. The van der Waals surface area contributed by atoms with E-state index >= 15 is 0 Å². The number of nitrogen functional groups attached to an aromatic ring is 1. The van der Waals surface area contributed by atoms with Crippen molar-refractivity contribution in [2.24, 2.45) is 5.73 Å². The minimum Gasteiger partial charge on any atom is -0.364 e. The Labute approximate surface area is 202 Å². The van der Waals surface area contributed by atoms with Gasteiger partial charge in [-0.25, -0.2) is 14.6 Å². The Morgan fingerprint density at radius 3 is 2.57 bits per heavy atom. The van der Waals surface area contributed by atoms with Gasteiger partial charge in [-0.2, -0.15) is 0 Å². The molecule has 0 saturated carbocycles. The van der Waals surface area contributed by atoms with Crippen LogP contribution in [0.4, 0.5) is 5.82 Å². The molecular weight excluding hydrogens is 446 g/mol. The van der Waals surface area contributed by atoms with Crippen molar-refractivity contribution < 1.29 is 14.4 Å². The standard InChI is InChI=1S/C25H27N7O3/c1-3-5-20(33)31-13-4-6-18(31)24-30-21(22(23(26)34)32(24)27)16-7-9-17(10-8-16)25(35)29-19-14-15(2)11-12-28-19/h3,5,7-12,14,18H,4,6,13,27H2,1-2H3,(H2,26,34)(H,28,29,35)/b5-3+. The molecule has 1 atom stereocenters. The lowest BCUT2D eigenvalue weighted by Crippen LogP contribution is -2.33. The van der Waals surface area contributed by atoms with Crippen LogP contribution < -0.4 is 16.9 Å². The second-order valence-electron chi connectivity index (χ2n) is 8.34. The molecular formula is C25H27N7O3. The predicted molar refractivity (Wildman–Crippen MR) is 132 cm³/mol. The number of carbonyl (C=O) groups is 3. The maximum atomic E-state index is 12.6. The molecule has 1 aliphatic rings. The van der Waals surface area contributed by atoms with Crippen molar-refractivity contribution in [3.8, 4) is 11.3 Å². The number of benzene rings is 1. The van der Waals surface area contributed by atoms with Crippen molar-refractivity contribution >= 4 is 23.5 Å². The highest BCUT2D eigenvalue weighted by atomic mass is 16.2. The molecule has 0 spiro atoms. The van der Waals surface area contributed by atoms with E-state index in [0.29, 0.717) is 41.4 Å². The van der Waals surface area contributed by atoms with E-state index in [0.717, 1.165) is 12.0 Å². The number of carbonyl (C=O) groups excluding carboxylic acids is 3. The van der Waals surface area contributed by atoms with Crippen molar-refractivity contribution in [1.29, 1.82) is 0 Å². The number of aryl methyl sites for hydroxylation is 1. The van der Waals surface area contributed by atoms with E-state index in [-0.39, 0.29) is 23.6 Å². The minimum absolute atomic E-state index is 0.0338. The lowest BCUT2D eigenvalue weighted by molar-refractivity contribution is -0.127. The highest BCUT2D eigenvalue weighted by Gasteiger charge is 2.34. The molecule has 0 radical (unpaired) electrons. The van der Waals surface area contributed by atoms with Crippen molar-refractivity contribution in [2.75, 3.05) is 17.7 Å². The third kappa shape index (κ3) is 4.77. The molecule has 180 valence electrons. The van der Waals surface area contributed by atoms with Crippen LogP contribution >= 0.6 is 0 Å². The summed E-state index contributed by atoms with van der Waals surface area (Å²) >= 11 is 0. The first-order valence-corrected chi connectivity index (χ1v) is 11.3. The summed E-state index contributed by atoms with van der Waals surface area (Å²) in [5, 5.41) is 2.76. The summed E-state index contributed by atoms with van der Waals surface area (Å²) in [6.07, 6.45) is 6.26. The van der Waals surface area contributed by atoms with E-state index in [2.05, 4.69) is 15.3 Å². The van der Waals surface area contributed by atoms with Crippen molar-refractivity contribution in [1.82, 2.24) is 19.5 Å². The number of nitrogens with two attached hydrogens (primary N) is 2. The Bertz CT molecular complexity index is 1310. The Hall–Kier alpha value is -4.47.